The summed E-state index contributed by atoms with van der Waals surface area (Å²) in [5.74, 6) is 0.279. The molecule has 0 aromatic heterocycles. The van der Waals surface area contributed by atoms with Crippen molar-refractivity contribution in [1.82, 2.24) is 0 Å². The molecule has 0 radical (unpaired) electrons. The van der Waals surface area contributed by atoms with Crippen molar-refractivity contribution in [3.8, 4) is 11.8 Å². The lowest BCUT2D eigenvalue weighted by Crippen LogP contribution is -2.30. The number of ether oxygens (including phenoxy) is 1. The van der Waals surface area contributed by atoms with Crippen LogP contribution in [0.4, 0.5) is 5.69 Å². The molecule has 2 aromatic rings. The second kappa shape index (κ2) is 8.00. The molecular formula is C17H14BrClN2O2. The summed E-state index contributed by atoms with van der Waals surface area (Å²) >= 11 is 9.22. The van der Waals surface area contributed by atoms with Gasteiger partial charge in [-0.3, -0.25) is 4.79 Å². The van der Waals surface area contributed by atoms with Crippen molar-refractivity contribution < 1.29 is 9.53 Å². The van der Waals surface area contributed by atoms with E-state index in [1.807, 2.05) is 0 Å². The van der Waals surface area contributed by atoms with Crippen LogP contribution in [0, 0.1) is 11.3 Å². The van der Waals surface area contributed by atoms with Gasteiger partial charge in [0.1, 0.15) is 5.75 Å². The van der Waals surface area contributed by atoms with Gasteiger partial charge < -0.3 is 10.1 Å². The van der Waals surface area contributed by atoms with Crippen molar-refractivity contribution in [2.45, 2.75) is 19.4 Å². The molecule has 2 rings (SSSR count). The lowest BCUT2D eigenvalue weighted by atomic mass is 10.1. The minimum atomic E-state index is -0.675. The van der Waals surface area contributed by atoms with Gasteiger partial charge in [0.15, 0.2) is 6.10 Å². The van der Waals surface area contributed by atoms with Crippen molar-refractivity contribution in [3.05, 3.63) is 57.5 Å². The van der Waals surface area contributed by atoms with Gasteiger partial charge in [0, 0.05) is 10.7 Å². The van der Waals surface area contributed by atoms with Gasteiger partial charge in [0.05, 0.1) is 17.0 Å². The minimum absolute atomic E-state index is 0.264. The molecule has 2 aromatic carbocycles. The maximum atomic E-state index is 12.2. The zero-order valence-corrected chi connectivity index (χ0v) is 14.7. The Hall–Kier alpha value is -2.03. The molecule has 0 aliphatic carbocycles. The number of hydrogen-bond donors (Lipinski definition) is 1. The van der Waals surface area contributed by atoms with Crippen LogP contribution in [0.15, 0.2) is 46.9 Å². The van der Waals surface area contributed by atoms with Crippen molar-refractivity contribution >= 4 is 39.1 Å². The lowest BCUT2D eigenvalue weighted by molar-refractivity contribution is -0.122. The molecule has 0 saturated carbocycles. The minimum Gasteiger partial charge on any atom is -0.480 e. The first kappa shape index (κ1) is 17.3. The fourth-order valence-corrected chi connectivity index (χ4v) is 2.63. The van der Waals surface area contributed by atoms with Crippen LogP contribution in [-0.2, 0) is 11.2 Å². The number of rotatable bonds is 5. The lowest BCUT2D eigenvalue weighted by Gasteiger charge is -2.16. The molecule has 1 N–H and O–H groups in total. The third-order valence-corrected chi connectivity index (χ3v) is 3.93. The van der Waals surface area contributed by atoms with Gasteiger partial charge in [0.25, 0.3) is 5.91 Å². The van der Waals surface area contributed by atoms with Crippen LogP contribution >= 0.6 is 27.5 Å². The predicted molar refractivity (Wildman–Crippen MR) is 93.6 cm³/mol. The fraction of sp³-hybridized carbons (Fsp3) is 0.176. The Balaban J connectivity index is 1.98. The van der Waals surface area contributed by atoms with Crippen LogP contribution in [0.1, 0.15) is 12.5 Å². The summed E-state index contributed by atoms with van der Waals surface area (Å²) in [4.78, 5) is 12.2. The summed E-state index contributed by atoms with van der Waals surface area (Å²) in [6.07, 6.45) is -0.329. The summed E-state index contributed by atoms with van der Waals surface area (Å²) in [7, 11) is 0. The Labute approximate surface area is 148 Å². The molecule has 0 aliphatic heterocycles. The summed E-state index contributed by atoms with van der Waals surface area (Å²) in [6.45, 7) is 1.67. The molecule has 1 amide bonds. The van der Waals surface area contributed by atoms with Crippen LogP contribution in [0.5, 0.6) is 5.75 Å². The maximum Gasteiger partial charge on any atom is 0.265 e. The molecule has 0 aliphatic rings. The zero-order chi connectivity index (χ0) is 16.8. The van der Waals surface area contributed by atoms with E-state index in [4.69, 9.17) is 21.6 Å². The van der Waals surface area contributed by atoms with Gasteiger partial charge in [-0.25, -0.2) is 0 Å². The number of benzene rings is 2. The van der Waals surface area contributed by atoms with E-state index >= 15 is 0 Å². The number of halogens is 2. The SMILES string of the molecule is CC(Oc1ccc(Cl)cc1Br)C(=O)Nc1ccc(CC#N)cc1. The summed E-state index contributed by atoms with van der Waals surface area (Å²) in [5, 5.41) is 12.0. The average Bonchev–Trinajstić information content (AvgIpc) is 2.52. The Morgan fingerprint density at radius 1 is 1.35 bits per heavy atom. The number of amides is 1. The number of nitriles is 1. The molecule has 1 atom stereocenters. The monoisotopic (exact) mass is 392 g/mol. The standard InChI is InChI=1S/C17H14BrClN2O2/c1-11(23-16-7-4-13(19)10-15(16)18)17(22)21-14-5-2-12(3-6-14)8-9-20/h2-7,10-11H,8H2,1H3,(H,21,22). The molecule has 1 unspecified atom stereocenters. The number of carbonyl (C=O) groups excluding carboxylic acids is 1. The molecule has 0 fully saturated rings. The number of hydrogen-bond acceptors (Lipinski definition) is 3. The largest absolute Gasteiger partial charge is 0.480 e. The molecule has 0 spiro atoms. The van der Waals surface area contributed by atoms with Gasteiger partial charge in [-0.15, -0.1) is 0 Å². The number of nitrogens with one attached hydrogen (secondary N) is 1. The van der Waals surface area contributed by atoms with E-state index in [2.05, 4.69) is 27.3 Å². The molecule has 118 valence electrons. The zero-order valence-electron chi connectivity index (χ0n) is 12.3. The Morgan fingerprint density at radius 3 is 2.65 bits per heavy atom. The van der Waals surface area contributed by atoms with Gasteiger partial charge in [0.2, 0.25) is 0 Å². The summed E-state index contributed by atoms with van der Waals surface area (Å²) in [5.41, 5.74) is 1.56. The normalized spacial score (nSPS) is 11.4. The van der Waals surface area contributed by atoms with Crippen molar-refractivity contribution in [2.24, 2.45) is 0 Å². The van der Waals surface area contributed by atoms with Gasteiger partial charge in [-0.2, -0.15) is 5.26 Å². The van der Waals surface area contributed by atoms with Crippen molar-refractivity contribution in [2.75, 3.05) is 5.32 Å². The van der Waals surface area contributed by atoms with Crippen LogP contribution in [0.3, 0.4) is 0 Å². The Morgan fingerprint density at radius 2 is 2.04 bits per heavy atom. The van der Waals surface area contributed by atoms with E-state index in [0.717, 1.165) is 5.56 Å². The molecule has 6 heteroatoms. The highest BCUT2D eigenvalue weighted by molar-refractivity contribution is 9.10. The van der Waals surface area contributed by atoms with Crippen LogP contribution < -0.4 is 10.1 Å². The van der Waals surface area contributed by atoms with E-state index in [1.165, 1.54) is 0 Å². The van der Waals surface area contributed by atoms with Crippen molar-refractivity contribution in [3.63, 3.8) is 0 Å². The maximum absolute atomic E-state index is 12.2. The highest BCUT2D eigenvalue weighted by atomic mass is 79.9. The van der Waals surface area contributed by atoms with Gasteiger partial charge in [-0.05, 0) is 58.7 Å². The van der Waals surface area contributed by atoms with E-state index in [0.29, 0.717) is 27.4 Å². The summed E-state index contributed by atoms with van der Waals surface area (Å²) in [6, 6.07) is 14.3. The van der Waals surface area contributed by atoms with E-state index in [-0.39, 0.29) is 5.91 Å². The van der Waals surface area contributed by atoms with Gasteiger partial charge in [-0.1, -0.05) is 23.7 Å². The Bertz CT molecular complexity index is 741. The first-order chi connectivity index (χ1) is 11.0. The van der Waals surface area contributed by atoms with E-state index < -0.39 is 6.10 Å². The van der Waals surface area contributed by atoms with Gasteiger partial charge >= 0.3 is 0 Å². The highest BCUT2D eigenvalue weighted by Crippen LogP contribution is 2.28. The second-order valence-corrected chi connectivity index (χ2v) is 6.15. The topological polar surface area (TPSA) is 62.1 Å². The molecule has 4 nitrogen and oxygen atoms in total. The molecular weight excluding hydrogens is 380 g/mol. The smallest absolute Gasteiger partial charge is 0.265 e. The Kier molecular flexibility index (Phi) is 6.03. The number of anilines is 1. The first-order valence-corrected chi connectivity index (χ1v) is 8.05. The third-order valence-electron chi connectivity index (χ3n) is 3.07. The molecule has 0 saturated heterocycles. The summed E-state index contributed by atoms with van der Waals surface area (Å²) < 4.78 is 6.32. The quantitative estimate of drug-likeness (QED) is 0.809. The first-order valence-electron chi connectivity index (χ1n) is 6.88. The number of carbonyl (C=O) groups is 1. The van der Waals surface area contributed by atoms with Crippen LogP contribution in [0.2, 0.25) is 5.02 Å². The predicted octanol–water partition coefficient (Wildman–Crippen LogP) is 4.57. The second-order valence-electron chi connectivity index (χ2n) is 4.86. The van der Waals surface area contributed by atoms with Crippen molar-refractivity contribution in [1.29, 1.82) is 5.26 Å². The molecule has 0 heterocycles. The van der Waals surface area contributed by atoms with E-state index in [9.17, 15) is 4.79 Å². The third kappa shape index (κ3) is 4.98. The number of nitrogens with zero attached hydrogens (tertiary/aromatic N) is 1. The molecule has 23 heavy (non-hydrogen) atoms. The average molecular weight is 394 g/mol. The van der Waals surface area contributed by atoms with Crippen LogP contribution in [-0.4, -0.2) is 12.0 Å². The molecule has 0 bridgehead atoms. The van der Waals surface area contributed by atoms with E-state index in [1.54, 1.807) is 49.4 Å². The highest BCUT2D eigenvalue weighted by Gasteiger charge is 2.16. The fourth-order valence-electron chi connectivity index (χ4n) is 1.86. The van der Waals surface area contributed by atoms with Crippen LogP contribution in [0.25, 0.3) is 0 Å².